The molecule has 1 heterocycles. The molecular formula is C12H16N2O2. The number of amides is 1. The number of carbonyl (C=O) groups excluding carboxylic acids is 1. The lowest BCUT2D eigenvalue weighted by molar-refractivity contribution is -0.120. The van der Waals surface area contributed by atoms with Crippen LogP contribution in [0, 0.1) is 0 Å². The van der Waals surface area contributed by atoms with E-state index in [1.807, 2.05) is 24.3 Å². The fraction of sp³-hybridized carbons (Fsp3) is 0.417. The molecule has 0 atom stereocenters. The first-order valence-corrected chi connectivity index (χ1v) is 5.51. The van der Waals surface area contributed by atoms with Gasteiger partial charge in [-0.15, -0.1) is 0 Å². The Morgan fingerprint density at radius 1 is 1.25 bits per heavy atom. The molecule has 1 amide bonds. The highest BCUT2D eigenvalue weighted by atomic mass is 16.3. The lowest BCUT2D eigenvalue weighted by atomic mass is 10.2. The minimum atomic E-state index is 0.0698. The van der Waals surface area contributed by atoms with Crippen molar-refractivity contribution in [1.82, 2.24) is 5.32 Å². The molecule has 2 N–H and O–H groups in total. The lowest BCUT2D eigenvalue weighted by Gasteiger charge is -2.21. The van der Waals surface area contributed by atoms with Crippen LogP contribution in [0.3, 0.4) is 0 Å². The fourth-order valence-corrected chi connectivity index (χ4v) is 1.84. The Labute approximate surface area is 94.9 Å². The summed E-state index contributed by atoms with van der Waals surface area (Å²) < 4.78 is 0. The summed E-state index contributed by atoms with van der Waals surface area (Å²) in [5, 5.41) is 11.8. The van der Waals surface area contributed by atoms with Gasteiger partial charge in [-0.1, -0.05) is 12.1 Å². The van der Waals surface area contributed by atoms with Gasteiger partial charge < -0.3 is 15.3 Å². The van der Waals surface area contributed by atoms with Crippen molar-refractivity contribution in [3.63, 3.8) is 0 Å². The zero-order valence-electron chi connectivity index (χ0n) is 9.15. The van der Waals surface area contributed by atoms with Crippen LogP contribution in [0.1, 0.15) is 12.0 Å². The number of nitrogens with one attached hydrogen (secondary N) is 1. The first kappa shape index (κ1) is 11.0. The summed E-state index contributed by atoms with van der Waals surface area (Å²) in [5.74, 6) is 0.120. The zero-order valence-corrected chi connectivity index (χ0v) is 9.15. The smallest absolute Gasteiger partial charge is 0.221 e. The molecule has 0 bridgehead atoms. The molecule has 0 unspecified atom stereocenters. The first-order valence-electron chi connectivity index (χ1n) is 5.51. The molecule has 1 aromatic carbocycles. The van der Waals surface area contributed by atoms with E-state index in [1.54, 1.807) is 0 Å². The number of aliphatic hydroxyl groups is 1. The number of anilines is 1. The molecular weight excluding hydrogens is 204 g/mol. The third-order valence-electron chi connectivity index (χ3n) is 2.80. The maximum atomic E-state index is 11.2. The SMILES string of the molecule is O=C1CCN(c2ccc(CO)cc2)CCN1. The molecule has 1 aliphatic rings. The van der Waals surface area contributed by atoms with Gasteiger partial charge in [-0.3, -0.25) is 4.79 Å². The molecule has 0 aliphatic carbocycles. The average molecular weight is 220 g/mol. The Bertz CT molecular complexity index is 362. The second-order valence-corrected chi connectivity index (χ2v) is 3.91. The molecule has 0 aromatic heterocycles. The number of rotatable bonds is 2. The number of nitrogens with zero attached hydrogens (tertiary/aromatic N) is 1. The third kappa shape index (κ3) is 2.52. The van der Waals surface area contributed by atoms with Gasteiger partial charge >= 0.3 is 0 Å². The van der Waals surface area contributed by atoms with Crippen LogP contribution >= 0.6 is 0 Å². The maximum absolute atomic E-state index is 11.2. The third-order valence-corrected chi connectivity index (χ3v) is 2.80. The Kier molecular flexibility index (Phi) is 3.41. The molecule has 1 aromatic rings. The van der Waals surface area contributed by atoms with Gasteiger partial charge in [0.15, 0.2) is 0 Å². The predicted octanol–water partition coefficient (Wildman–Crippen LogP) is 0.505. The van der Waals surface area contributed by atoms with Gasteiger partial charge in [0.2, 0.25) is 5.91 Å². The van der Waals surface area contributed by atoms with Crippen LogP contribution in [0.2, 0.25) is 0 Å². The molecule has 4 heteroatoms. The Hall–Kier alpha value is -1.55. The van der Waals surface area contributed by atoms with E-state index in [2.05, 4.69) is 10.2 Å². The molecule has 0 radical (unpaired) electrons. The predicted molar refractivity (Wildman–Crippen MR) is 62.2 cm³/mol. The lowest BCUT2D eigenvalue weighted by Crippen LogP contribution is -2.28. The topological polar surface area (TPSA) is 52.6 Å². The van der Waals surface area contributed by atoms with E-state index in [0.717, 1.165) is 24.3 Å². The highest BCUT2D eigenvalue weighted by molar-refractivity contribution is 5.77. The van der Waals surface area contributed by atoms with Gasteiger partial charge in [-0.25, -0.2) is 0 Å². The van der Waals surface area contributed by atoms with Crippen LogP contribution in [-0.4, -0.2) is 30.6 Å². The van der Waals surface area contributed by atoms with E-state index in [0.29, 0.717) is 13.0 Å². The second kappa shape index (κ2) is 4.99. The van der Waals surface area contributed by atoms with E-state index in [9.17, 15) is 4.79 Å². The standard InChI is InChI=1S/C12H16N2O2/c15-9-10-1-3-11(4-2-10)14-7-5-12(16)13-6-8-14/h1-4,15H,5-9H2,(H,13,16). The van der Waals surface area contributed by atoms with Crippen LogP contribution in [0.15, 0.2) is 24.3 Å². The van der Waals surface area contributed by atoms with Crippen molar-refractivity contribution in [1.29, 1.82) is 0 Å². The number of hydrogen-bond donors (Lipinski definition) is 2. The molecule has 2 rings (SSSR count). The summed E-state index contributed by atoms with van der Waals surface area (Å²) in [5.41, 5.74) is 2.02. The number of aliphatic hydroxyl groups excluding tert-OH is 1. The van der Waals surface area contributed by atoms with E-state index < -0.39 is 0 Å². The highest BCUT2D eigenvalue weighted by Gasteiger charge is 2.13. The van der Waals surface area contributed by atoms with Crippen molar-refractivity contribution >= 4 is 11.6 Å². The zero-order chi connectivity index (χ0) is 11.4. The molecule has 1 saturated heterocycles. The molecule has 0 saturated carbocycles. The van der Waals surface area contributed by atoms with Crippen LogP contribution in [-0.2, 0) is 11.4 Å². The Morgan fingerprint density at radius 2 is 2.00 bits per heavy atom. The number of hydrogen-bond acceptors (Lipinski definition) is 3. The normalized spacial score (nSPS) is 16.8. The summed E-state index contributed by atoms with van der Waals surface area (Å²) in [7, 11) is 0. The largest absolute Gasteiger partial charge is 0.392 e. The quantitative estimate of drug-likeness (QED) is 0.763. The molecule has 16 heavy (non-hydrogen) atoms. The van der Waals surface area contributed by atoms with Gasteiger partial charge in [-0.05, 0) is 17.7 Å². The van der Waals surface area contributed by atoms with Crippen LogP contribution in [0.4, 0.5) is 5.69 Å². The summed E-state index contributed by atoms with van der Waals surface area (Å²) >= 11 is 0. The molecule has 4 nitrogen and oxygen atoms in total. The Balaban J connectivity index is 2.07. The maximum Gasteiger partial charge on any atom is 0.221 e. The van der Waals surface area contributed by atoms with Crippen LogP contribution in [0.25, 0.3) is 0 Å². The summed E-state index contributed by atoms with van der Waals surface area (Å²) in [4.78, 5) is 13.4. The number of carbonyl (C=O) groups is 1. The molecule has 0 spiro atoms. The van der Waals surface area contributed by atoms with Crippen molar-refractivity contribution in [2.24, 2.45) is 0 Å². The summed E-state index contributed by atoms with van der Waals surface area (Å²) in [6.45, 7) is 2.36. The van der Waals surface area contributed by atoms with E-state index in [1.165, 1.54) is 0 Å². The molecule has 86 valence electrons. The van der Waals surface area contributed by atoms with Gasteiger partial charge in [0.25, 0.3) is 0 Å². The first-order chi connectivity index (χ1) is 7.79. The van der Waals surface area contributed by atoms with Crippen LogP contribution < -0.4 is 10.2 Å². The summed E-state index contributed by atoms with van der Waals surface area (Å²) in [6.07, 6.45) is 0.543. The second-order valence-electron chi connectivity index (χ2n) is 3.91. The van der Waals surface area contributed by atoms with Gasteiger partial charge in [-0.2, -0.15) is 0 Å². The highest BCUT2D eigenvalue weighted by Crippen LogP contribution is 2.16. The van der Waals surface area contributed by atoms with Crippen molar-refractivity contribution in [3.05, 3.63) is 29.8 Å². The Morgan fingerprint density at radius 3 is 2.69 bits per heavy atom. The molecule has 1 aliphatic heterocycles. The number of benzene rings is 1. The van der Waals surface area contributed by atoms with E-state index in [4.69, 9.17) is 5.11 Å². The van der Waals surface area contributed by atoms with Crippen molar-refractivity contribution < 1.29 is 9.90 Å². The average Bonchev–Trinajstić information content (AvgIpc) is 2.54. The minimum absolute atomic E-state index is 0.0698. The van der Waals surface area contributed by atoms with E-state index >= 15 is 0 Å². The monoisotopic (exact) mass is 220 g/mol. The van der Waals surface area contributed by atoms with Gasteiger partial charge in [0.1, 0.15) is 0 Å². The van der Waals surface area contributed by atoms with E-state index in [-0.39, 0.29) is 12.5 Å². The minimum Gasteiger partial charge on any atom is -0.392 e. The van der Waals surface area contributed by atoms with Crippen molar-refractivity contribution in [2.45, 2.75) is 13.0 Å². The van der Waals surface area contributed by atoms with Gasteiger partial charge in [0.05, 0.1) is 6.61 Å². The summed E-state index contributed by atoms with van der Waals surface area (Å²) in [6, 6.07) is 7.80. The van der Waals surface area contributed by atoms with Crippen molar-refractivity contribution in [3.8, 4) is 0 Å². The van der Waals surface area contributed by atoms with Gasteiger partial charge in [0, 0.05) is 31.7 Å². The van der Waals surface area contributed by atoms with Crippen LogP contribution in [0.5, 0.6) is 0 Å². The fourth-order valence-electron chi connectivity index (χ4n) is 1.84. The van der Waals surface area contributed by atoms with Crippen molar-refractivity contribution in [2.75, 3.05) is 24.5 Å². The molecule has 1 fully saturated rings.